The summed E-state index contributed by atoms with van der Waals surface area (Å²) in [6.45, 7) is 3.57. The molecule has 1 heterocycles. The van der Waals surface area contributed by atoms with Gasteiger partial charge in [0.05, 0.1) is 21.9 Å². The topological polar surface area (TPSA) is 84.7 Å². The highest BCUT2D eigenvalue weighted by atomic mass is 32.2. The Kier molecular flexibility index (Phi) is 6.15. The summed E-state index contributed by atoms with van der Waals surface area (Å²) in [5, 5.41) is 0.349. The Hall–Kier alpha value is -3.71. The molecule has 0 aliphatic rings. The maximum absolute atomic E-state index is 13.5. The lowest BCUT2D eigenvalue weighted by atomic mass is 10.0. The van der Waals surface area contributed by atoms with E-state index in [2.05, 4.69) is 0 Å². The predicted molar refractivity (Wildman–Crippen MR) is 133 cm³/mol. The molecule has 34 heavy (non-hydrogen) atoms. The summed E-state index contributed by atoms with van der Waals surface area (Å²) in [7, 11) is -1.64. The molecule has 0 fully saturated rings. The first-order valence-electron chi connectivity index (χ1n) is 10.8. The van der Waals surface area contributed by atoms with Crippen LogP contribution in [0.1, 0.15) is 34.5 Å². The molecular weight excluding hydrogens is 450 g/mol. The largest absolute Gasteiger partial charge is 0.455 e. The molecule has 1 atom stereocenters. The Morgan fingerprint density at radius 1 is 0.941 bits per heavy atom. The average molecular weight is 476 g/mol. The maximum Gasteiger partial charge on any atom is 0.257 e. The van der Waals surface area contributed by atoms with Crippen molar-refractivity contribution >= 4 is 26.7 Å². The lowest BCUT2D eigenvalue weighted by Gasteiger charge is -2.26. The van der Waals surface area contributed by atoms with E-state index in [4.69, 9.17) is 4.42 Å². The van der Waals surface area contributed by atoms with E-state index in [1.54, 1.807) is 49.2 Å². The molecule has 0 saturated carbocycles. The smallest absolute Gasteiger partial charge is 0.257 e. The number of hydrogen-bond acceptors (Lipinski definition) is 5. The summed E-state index contributed by atoms with van der Waals surface area (Å²) >= 11 is 0. The van der Waals surface area contributed by atoms with E-state index in [0.29, 0.717) is 16.7 Å². The highest BCUT2D eigenvalue weighted by Gasteiger charge is 2.24. The minimum Gasteiger partial charge on any atom is -0.455 e. The van der Waals surface area contributed by atoms with Crippen LogP contribution in [0.3, 0.4) is 0 Å². The molecule has 1 unspecified atom stereocenters. The van der Waals surface area contributed by atoms with Gasteiger partial charge in [0.25, 0.3) is 5.91 Å². The van der Waals surface area contributed by atoms with Gasteiger partial charge in [0.2, 0.25) is 0 Å². The van der Waals surface area contributed by atoms with Crippen molar-refractivity contribution in [2.45, 2.75) is 24.8 Å². The van der Waals surface area contributed by atoms with Gasteiger partial charge in [0.1, 0.15) is 5.76 Å². The normalized spacial score (nSPS) is 12.5. The first-order valence-corrected chi connectivity index (χ1v) is 12.7. The van der Waals surface area contributed by atoms with Gasteiger partial charge in [-0.3, -0.25) is 9.59 Å². The van der Waals surface area contributed by atoms with Crippen LogP contribution in [0, 0.1) is 6.92 Å². The summed E-state index contributed by atoms with van der Waals surface area (Å²) in [6, 6.07) is 20.4. The van der Waals surface area contributed by atoms with E-state index in [1.807, 2.05) is 37.3 Å². The number of amides is 1. The van der Waals surface area contributed by atoms with E-state index in [1.165, 1.54) is 12.1 Å². The van der Waals surface area contributed by atoms with Gasteiger partial charge in [0, 0.05) is 24.4 Å². The SMILES string of the molecule is Cc1c(-c2ccccc2)oc2c(C(=O)N(C)C(C)c3ccc(S(C)(=O)=O)cc3)cccc2c1=O. The fourth-order valence-electron chi connectivity index (χ4n) is 3.93. The Labute approximate surface area is 198 Å². The van der Waals surface area contributed by atoms with Crippen molar-refractivity contribution in [3.05, 3.63) is 99.7 Å². The van der Waals surface area contributed by atoms with Crippen LogP contribution in [-0.2, 0) is 9.84 Å². The number of para-hydroxylation sites is 1. The molecule has 1 amide bonds. The summed E-state index contributed by atoms with van der Waals surface area (Å²) in [5.74, 6) is 0.127. The first kappa shape index (κ1) is 23.4. The number of nitrogens with zero attached hydrogens (tertiary/aromatic N) is 1. The number of rotatable bonds is 5. The molecule has 4 rings (SSSR count). The molecule has 0 spiro atoms. The van der Waals surface area contributed by atoms with Crippen molar-refractivity contribution in [3.8, 4) is 11.3 Å². The highest BCUT2D eigenvalue weighted by Crippen LogP contribution is 2.29. The second-order valence-corrected chi connectivity index (χ2v) is 10.4. The lowest BCUT2D eigenvalue weighted by molar-refractivity contribution is 0.0743. The summed E-state index contributed by atoms with van der Waals surface area (Å²) < 4.78 is 29.7. The van der Waals surface area contributed by atoms with Crippen LogP contribution in [0.5, 0.6) is 0 Å². The lowest BCUT2D eigenvalue weighted by Crippen LogP contribution is -2.30. The molecule has 0 aliphatic carbocycles. The molecule has 1 aromatic heterocycles. The zero-order valence-corrected chi connectivity index (χ0v) is 20.2. The van der Waals surface area contributed by atoms with E-state index < -0.39 is 9.84 Å². The molecule has 0 saturated heterocycles. The first-order chi connectivity index (χ1) is 16.1. The van der Waals surface area contributed by atoms with E-state index >= 15 is 0 Å². The van der Waals surface area contributed by atoms with Crippen molar-refractivity contribution in [2.75, 3.05) is 13.3 Å². The van der Waals surface area contributed by atoms with E-state index in [9.17, 15) is 18.0 Å². The third kappa shape index (κ3) is 4.26. The molecule has 0 aliphatic heterocycles. The number of sulfone groups is 1. The molecule has 7 heteroatoms. The van der Waals surface area contributed by atoms with Crippen LogP contribution in [0.15, 0.2) is 86.9 Å². The molecule has 174 valence electrons. The minimum absolute atomic E-state index is 0.179. The number of benzene rings is 3. The number of hydrogen-bond donors (Lipinski definition) is 0. The summed E-state index contributed by atoms with van der Waals surface area (Å²) in [4.78, 5) is 28.4. The van der Waals surface area contributed by atoms with Crippen LogP contribution in [0.4, 0.5) is 0 Å². The van der Waals surface area contributed by atoms with Gasteiger partial charge >= 0.3 is 0 Å². The number of carbonyl (C=O) groups excluding carboxylic acids is 1. The van der Waals surface area contributed by atoms with Gasteiger partial charge in [-0.1, -0.05) is 48.5 Å². The van der Waals surface area contributed by atoms with Gasteiger partial charge in [0.15, 0.2) is 20.8 Å². The van der Waals surface area contributed by atoms with Gasteiger partial charge in [-0.05, 0) is 43.7 Å². The highest BCUT2D eigenvalue weighted by molar-refractivity contribution is 7.90. The predicted octanol–water partition coefficient (Wildman–Crippen LogP) is 5.01. The molecule has 6 nitrogen and oxygen atoms in total. The van der Waals surface area contributed by atoms with Gasteiger partial charge in [-0.25, -0.2) is 8.42 Å². The van der Waals surface area contributed by atoms with Gasteiger partial charge < -0.3 is 9.32 Å². The third-order valence-corrected chi connectivity index (χ3v) is 7.23. The zero-order valence-electron chi connectivity index (χ0n) is 19.4. The fraction of sp³-hybridized carbons (Fsp3) is 0.185. The fourth-order valence-corrected chi connectivity index (χ4v) is 4.56. The van der Waals surface area contributed by atoms with E-state index in [-0.39, 0.29) is 33.4 Å². The molecule has 4 aromatic rings. The Balaban J connectivity index is 1.76. The van der Waals surface area contributed by atoms with Crippen LogP contribution in [0.2, 0.25) is 0 Å². The monoisotopic (exact) mass is 475 g/mol. The number of fused-ring (bicyclic) bond motifs is 1. The van der Waals surface area contributed by atoms with Crippen LogP contribution in [-0.4, -0.2) is 32.5 Å². The van der Waals surface area contributed by atoms with Crippen molar-refractivity contribution in [1.29, 1.82) is 0 Å². The third-order valence-electron chi connectivity index (χ3n) is 6.10. The zero-order chi connectivity index (χ0) is 24.6. The molecule has 0 radical (unpaired) electrons. The van der Waals surface area contributed by atoms with Crippen molar-refractivity contribution < 1.29 is 17.6 Å². The molecule has 3 aromatic carbocycles. The van der Waals surface area contributed by atoms with Crippen molar-refractivity contribution in [2.24, 2.45) is 0 Å². The Morgan fingerprint density at radius 3 is 2.21 bits per heavy atom. The molecule has 0 N–H and O–H groups in total. The maximum atomic E-state index is 13.5. The van der Waals surface area contributed by atoms with Crippen LogP contribution >= 0.6 is 0 Å². The summed E-state index contributed by atoms with van der Waals surface area (Å²) in [6.07, 6.45) is 1.15. The van der Waals surface area contributed by atoms with Crippen molar-refractivity contribution in [3.63, 3.8) is 0 Å². The van der Waals surface area contributed by atoms with E-state index in [0.717, 1.165) is 17.4 Å². The molecule has 0 bridgehead atoms. The molecular formula is C27H25NO5S. The van der Waals surface area contributed by atoms with Crippen LogP contribution in [0.25, 0.3) is 22.3 Å². The standard InChI is InChI=1S/C27H25NO5S/c1-17-24(29)22-11-8-12-23(26(22)33-25(17)20-9-6-5-7-10-20)27(30)28(3)18(2)19-13-15-21(16-14-19)34(4,31)32/h5-16,18H,1-4H3. The number of carbonyl (C=O) groups is 1. The minimum atomic E-state index is -3.31. The Bertz CT molecular complexity index is 1540. The van der Waals surface area contributed by atoms with Crippen LogP contribution < -0.4 is 5.43 Å². The van der Waals surface area contributed by atoms with Gasteiger partial charge in [-0.15, -0.1) is 0 Å². The summed E-state index contributed by atoms with van der Waals surface area (Å²) in [5.41, 5.74) is 2.37. The average Bonchev–Trinajstić information content (AvgIpc) is 2.84. The Morgan fingerprint density at radius 2 is 1.59 bits per heavy atom. The second kappa shape index (κ2) is 8.91. The van der Waals surface area contributed by atoms with Crippen molar-refractivity contribution in [1.82, 2.24) is 4.90 Å². The van der Waals surface area contributed by atoms with Gasteiger partial charge in [-0.2, -0.15) is 0 Å². The second-order valence-electron chi connectivity index (χ2n) is 8.37. The quantitative estimate of drug-likeness (QED) is 0.405.